The summed E-state index contributed by atoms with van der Waals surface area (Å²) >= 11 is 0. The average molecular weight is 261 g/mol. The van der Waals surface area contributed by atoms with Crippen molar-refractivity contribution in [2.24, 2.45) is 0 Å². The van der Waals surface area contributed by atoms with E-state index < -0.39 is 42.9 Å². The first-order valence-electron chi connectivity index (χ1n) is 5.67. The maximum atomic E-state index is 9.73. The highest BCUT2D eigenvalue weighted by atomic mass is 16.7. The van der Waals surface area contributed by atoms with Crippen LogP contribution in [-0.4, -0.2) is 63.3 Å². The fourth-order valence-corrected chi connectivity index (χ4v) is 1.71. The molecule has 1 rings (SSSR count). The lowest BCUT2D eigenvalue weighted by Gasteiger charge is -2.42. The van der Waals surface area contributed by atoms with Crippen LogP contribution in [0.2, 0.25) is 0 Å². The van der Waals surface area contributed by atoms with Crippen molar-refractivity contribution in [1.29, 1.82) is 5.26 Å². The molecule has 7 heteroatoms. The smallest absolute Gasteiger partial charge is 0.187 e. The molecule has 0 saturated carbocycles. The van der Waals surface area contributed by atoms with Gasteiger partial charge in [-0.1, -0.05) is 0 Å². The third-order valence-corrected chi connectivity index (χ3v) is 2.79. The van der Waals surface area contributed by atoms with Crippen LogP contribution < -0.4 is 0 Å². The number of nitrogens with zero attached hydrogens (tertiary/aromatic N) is 1. The molecule has 0 aromatic heterocycles. The molecule has 1 heterocycles. The van der Waals surface area contributed by atoms with Gasteiger partial charge in [-0.05, 0) is 13.8 Å². The molecule has 1 aliphatic heterocycles. The van der Waals surface area contributed by atoms with Crippen LogP contribution in [0.15, 0.2) is 0 Å². The minimum atomic E-state index is -1.47. The fraction of sp³-hybridized carbons (Fsp3) is 0.909. The maximum absolute atomic E-state index is 9.73. The first-order valence-corrected chi connectivity index (χ1v) is 5.67. The summed E-state index contributed by atoms with van der Waals surface area (Å²) in [5, 5.41) is 46.5. The quantitative estimate of drug-likeness (QED) is 0.485. The summed E-state index contributed by atoms with van der Waals surface area (Å²) in [6, 6.07) is 1.93. The normalized spacial score (nSPS) is 37.3. The molecule has 0 spiro atoms. The van der Waals surface area contributed by atoms with Crippen LogP contribution in [0, 0.1) is 11.3 Å². The number of hydrogen-bond donors (Lipinski definition) is 4. The number of aliphatic hydroxyl groups excluding tert-OH is 4. The van der Waals surface area contributed by atoms with E-state index in [-0.39, 0.29) is 6.42 Å². The Morgan fingerprint density at radius 3 is 2.33 bits per heavy atom. The number of ether oxygens (including phenoxy) is 2. The number of rotatable bonds is 4. The fourth-order valence-electron chi connectivity index (χ4n) is 1.71. The zero-order valence-electron chi connectivity index (χ0n) is 10.4. The second-order valence-corrected chi connectivity index (χ2v) is 4.91. The molecule has 0 bridgehead atoms. The van der Waals surface area contributed by atoms with Crippen LogP contribution in [0.3, 0.4) is 0 Å². The number of aliphatic hydroxyl groups is 4. The molecule has 1 fully saturated rings. The number of nitriles is 1. The van der Waals surface area contributed by atoms with Crippen molar-refractivity contribution in [3.8, 4) is 6.07 Å². The predicted octanol–water partition coefficient (Wildman–Crippen LogP) is -1.50. The van der Waals surface area contributed by atoms with Crippen molar-refractivity contribution < 1.29 is 29.9 Å². The Balaban J connectivity index is 2.73. The molecule has 0 radical (unpaired) electrons. The van der Waals surface area contributed by atoms with Crippen LogP contribution in [-0.2, 0) is 9.47 Å². The van der Waals surface area contributed by atoms with Crippen LogP contribution in [0.4, 0.5) is 0 Å². The highest BCUT2D eigenvalue weighted by Gasteiger charge is 2.45. The molecule has 104 valence electrons. The van der Waals surface area contributed by atoms with Crippen molar-refractivity contribution in [2.45, 2.75) is 56.6 Å². The molecule has 1 aliphatic rings. The Morgan fingerprint density at radius 2 is 1.83 bits per heavy atom. The molecule has 1 saturated heterocycles. The highest BCUT2D eigenvalue weighted by Crippen LogP contribution is 2.26. The van der Waals surface area contributed by atoms with Gasteiger partial charge < -0.3 is 29.9 Å². The molecule has 18 heavy (non-hydrogen) atoms. The zero-order valence-corrected chi connectivity index (χ0v) is 10.4. The van der Waals surface area contributed by atoms with Gasteiger partial charge in [0.1, 0.15) is 24.4 Å². The Kier molecular flexibility index (Phi) is 5.04. The molecule has 0 aromatic carbocycles. The minimum absolute atomic E-state index is 0.0714. The van der Waals surface area contributed by atoms with Gasteiger partial charge in [0.25, 0.3) is 0 Å². The van der Waals surface area contributed by atoms with Gasteiger partial charge >= 0.3 is 0 Å². The van der Waals surface area contributed by atoms with E-state index in [9.17, 15) is 15.3 Å². The molecule has 7 nitrogen and oxygen atoms in total. The standard InChI is InChI=1S/C11H19NO6/c1-11(2,3-4-12)18-10-9(16)8(15)7(14)6(5-13)17-10/h6-10,13-16H,3,5H2,1-2H3. The van der Waals surface area contributed by atoms with E-state index in [0.717, 1.165) is 0 Å². The van der Waals surface area contributed by atoms with Gasteiger partial charge in [-0.15, -0.1) is 0 Å². The van der Waals surface area contributed by atoms with Crippen LogP contribution >= 0.6 is 0 Å². The topological polar surface area (TPSA) is 123 Å². The first kappa shape index (κ1) is 15.3. The van der Waals surface area contributed by atoms with Crippen LogP contribution in [0.25, 0.3) is 0 Å². The summed E-state index contributed by atoms with van der Waals surface area (Å²) in [6.45, 7) is 2.76. The molecule has 5 atom stereocenters. The van der Waals surface area contributed by atoms with E-state index in [2.05, 4.69) is 0 Å². The molecule has 5 unspecified atom stereocenters. The van der Waals surface area contributed by atoms with Gasteiger partial charge in [-0.2, -0.15) is 5.26 Å². The van der Waals surface area contributed by atoms with Gasteiger partial charge in [0.15, 0.2) is 6.29 Å². The molecule has 0 aliphatic carbocycles. The summed E-state index contributed by atoms with van der Waals surface area (Å²) in [6.07, 6.45) is -6.47. The second-order valence-electron chi connectivity index (χ2n) is 4.91. The summed E-state index contributed by atoms with van der Waals surface area (Å²) < 4.78 is 10.6. The monoisotopic (exact) mass is 261 g/mol. The SMILES string of the molecule is CC(C)(CC#N)OC1OC(CO)C(O)C(O)C1O. The Morgan fingerprint density at radius 1 is 1.22 bits per heavy atom. The summed E-state index contributed by atoms with van der Waals surface area (Å²) in [5.74, 6) is 0. The summed E-state index contributed by atoms with van der Waals surface area (Å²) in [7, 11) is 0. The third kappa shape index (κ3) is 3.38. The van der Waals surface area contributed by atoms with E-state index in [1.54, 1.807) is 13.8 Å². The lowest BCUT2D eigenvalue weighted by atomic mass is 9.98. The van der Waals surface area contributed by atoms with E-state index in [1.165, 1.54) is 0 Å². The highest BCUT2D eigenvalue weighted by molar-refractivity contribution is 4.91. The van der Waals surface area contributed by atoms with Crippen LogP contribution in [0.1, 0.15) is 20.3 Å². The lowest BCUT2D eigenvalue weighted by Crippen LogP contribution is -2.60. The largest absolute Gasteiger partial charge is 0.394 e. The third-order valence-electron chi connectivity index (χ3n) is 2.79. The maximum Gasteiger partial charge on any atom is 0.187 e. The van der Waals surface area contributed by atoms with E-state index >= 15 is 0 Å². The van der Waals surface area contributed by atoms with Crippen molar-refractivity contribution in [3.05, 3.63) is 0 Å². The number of hydrogen-bond acceptors (Lipinski definition) is 7. The minimum Gasteiger partial charge on any atom is -0.394 e. The second kappa shape index (κ2) is 5.93. The van der Waals surface area contributed by atoms with Gasteiger partial charge in [0.2, 0.25) is 0 Å². The Bertz CT molecular complexity index is 313. The Hall–Kier alpha value is -0.750. The van der Waals surface area contributed by atoms with Gasteiger partial charge in [-0.25, -0.2) is 0 Å². The first-order chi connectivity index (χ1) is 8.32. The van der Waals surface area contributed by atoms with E-state index in [1.807, 2.05) is 6.07 Å². The summed E-state index contributed by atoms with van der Waals surface area (Å²) in [5.41, 5.74) is -0.873. The zero-order chi connectivity index (χ0) is 13.9. The van der Waals surface area contributed by atoms with Crippen molar-refractivity contribution in [2.75, 3.05) is 6.61 Å². The van der Waals surface area contributed by atoms with Crippen molar-refractivity contribution in [1.82, 2.24) is 0 Å². The van der Waals surface area contributed by atoms with E-state index in [4.69, 9.17) is 19.8 Å². The molecular weight excluding hydrogens is 242 g/mol. The van der Waals surface area contributed by atoms with Crippen LogP contribution in [0.5, 0.6) is 0 Å². The van der Waals surface area contributed by atoms with Gasteiger partial charge in [-0.3, -0.25) is 0 Å². The van der Waals surface area contributed by atoms with Gasteiger partial charge in [0.05, 0.1) is 24.7 Å². The van der Waals surface area contributed by atoms with Crippen molar-refractivity contribution >= 4 is 0 Å². The average Bonchev–Trinajstić information content (AvgIpc) is 2.29. The summed E-state index contributed by atoms with van der Waals surface area (Å²) in [4.78, 5) is 0. The lowest BCUT2D eigenvalue weighted by molar-refractivity contribution is -0.322. The molecular formula is C11H19NO6. The molecule has 0 aromatic rings. The van der Waals surface area contributed by atoms with Crippen molar-refractivity contribution in [3.63, 3.8) is 0 Å². The van der Waals surface area contributed by atoms with Gasteiger partial charge in [0, 0.05) is 0 Å². The molecule has 0 amide bonds. The van der Waals surface area contributed by atoms with E-state index in [0.29, 0.717) is 0 Å². The Labute approximate surface area is 105 Å². The molecule has 4 N–H and O–H groups in total. The predicted molar refractivity (Wildman–Crippen MR) is 59.2 cm³/mol.